The highest BCUT2D eigenvalue weighted by Crippen LogP contribution is 2.60. The smallest absolute Gasteiger partial charge is 0.229 e. The van der Waals surface area contributed by atoms with Crippen molar-refractivity contribution in [2.45, 2.75) is 13.8 Å². The molecule has 1 fully saturated rings. The van der Waals surface area contributed by atoms with Gasteiger partial charge in [0.2, 0.25) is 11.7 Å². The number of hydrogen-bond acceptors (Lipinski definition) is 6. The Labute approximate surface area is 166 Å². The van der Waals surface area contributed by atoms with Crippen molar-refractivity contribution >= 4 is 34.9 Å². The molecular formula is C18H19Cl2N3O4. The maximum Gasteiger partial charge on any atom is 0.229 e. The third-order valence-electron chi connectivity index (χ3n) is 4.89. The molecule has 0 spiro atoms. The summed E-state index contributed by atoms with van der Waals surface area (Å²) in [6.07, 6.45) is 1.68. The topological polar surface area (TPSA) is 86.5 Å². The Bertz CT molecular complexity index is 890. The molecule has 3 rings (SSSR count). The second-order valence-corrected chi connectivity index (χ2v) is 7.81. The van der Waals surface area contributed by atoms with E-state index < -0.39 is 0 Å². The summed E-state index contributed by atoms with van der Waals surface area (Å²) in [4.78, 5) is 12.7. The van der Waals surface area contributed by atoms with Gasteiger partial charge in [0.05, 0.1) is 20.1 Å². The van der Waals surface area contributed by atoms with Crippen LogP contribution in [-0.4, -0.2) is 30.4 Å². The first-order chi connectivity index (χ1) is 12.8. The fraction of sp³-hybridized carbons (Fsp3) is 0.389. The number of aromatic nitrogens is 2. The highest BCUT2D eigenvalue weighted by atomic mass is 35.5. The Morgan fingerprint density at radius 2 is 1.93 bits per heavy atom. The molecule has 0 bridgehead atoms. The summed E-state index contributed by atoms with van der Waals surface area (Å²) < 4.78 is 15.5. The lowest BCUT2D eigenvalue weighted by atomic mass is 10.1. The first-order valence-corrected chi connectivity index (χ1v) is 8.93. The van der Waals surface area contributed by atoms with E-state index in [1.54, 1.807) is 31.4 Å². The van der Waals surface area contributed by atoms with Gasteiger partial charge in [-0.25, -0.2) is 4.63 Å². The number of carbonyl (C=O) groups is 1. The molecule has 1 heterocycles. The van der Waals surface area contributed by atoms with Crippen LogP contribution in [0.1, 0.15) is 13.8 Å². The second-order valence-electron chi connectivity index (χ2n) is 6.80. The van der Waals surface area contributed by atoms with Gasteiger partial charge >= 0.3 is 0 Å². The predicted octanol–water partition coefficient (Wildman–Crippen LogP) is 4.28. The average molecular weight is 412 g/mol. The van der Waals surface area contributed by atoms with Crippen molar-refractivity contribution in [3.63, 3.8) is 0 Å². The second kappa shape index (κ2) is 7.40. The van der Waals surface area contributed by atoms with Crippen LogP contribution >= 0.6 is 23.2 Å². The van der Waals surface area contributed by atoms with Crippen LogP contribution in [0.15, 0.2) is 33.4 Å². The third-order valence-corrected chi connectivity index (χ3v) is 5.14. The third kappa shape index (κ3) is 3.75. The maximum absolute atomic E-state index is 12.7. The molecular weight excluding hydrogens is 393 g/mol. The molecule has 1 N–H and O–H groups in total. The van der Waals surface area contributed by atoms with Crippen molar-refractivity contribution in [1.82, 2.24) is 10.3 Å². The lowest BCUT2D eigenvalue weighted by Gasteiger charge is -2.09. The minimum atomic E-state index is -0.278. The number of ether oxygens (including phenoxy) is 2. The van der Waals surface area contributed by atoms with E-state index in [0.717, 1.165) is 0 Å². The molecule has 1 amide bonds. The summed E-state index contributed by atoms with van der Waals surface area (Å²) in [7, 11) is 3.09. The van der Waals surface area contributed by atoms with E-state index in [4.69, 9.17) is 37.3 Å². The Balaban J connectivity index is 1.82. The van der Waals surface area contributed by atoms with Crippen LogP contribution in [-0.2, 0) is 4.79 Å². The van der Waals surface area contributed by atoms with Crippen molar-refractivity contribution in [3.05, 3.63) is 28.8 Å². The standard InChI is InChI=1S/C18H19Cl2N3O4/c1-18(2)10(8-13(19)20)14(18)17(24)21-16-15(22-27-23-16)9-5-6-11(25-3)12(7-9)26-4/h5-8,10,14H,1-4H3,(H,21,23,24). The van der Waals surface area contributed by atoms with Gasteiger partial charge in [0, 0.05) is 5.56 Å². The number of benzene rings is 1. The summed E-state index contributed by atoms with van der Waals surface area (Å²) in [6.45, 7) is 3.96. The maximum atomic E-state index is 12.7. The molecule has 7 nitrogen and oxygen atoms in total. The highest BCUT2D eigenvalue weighted by molar-refractivity contribution is 6.55. The molecule has 2 unspecified atom stereocenters. The first-order valence-electron chi connectivity index (χ1n) is 8.18. The first kappa shape index (κ1) is 19.5. The van der Waals surface area contributed by atoms with Gasteiger partial charge in [-0.1, -0.05) is 37.0 Å². The molecule has 0 aliphatic heterocycles. The fourth-order valence-electron chi connectivity index (χ4n) is 3.26. The molecule has 0 radical (unpaired) electrons. The number of nitrogens with one attached hydrogen (secondary N) is 1. The number of carbonyl (C=O) groups excluding carboxylic acids is 1. The zero-order valence-electron chi connectivity index (χ0n) is 15.2. The van der Waals surface area contributed by atoms with E-state index in [1.165, 1.54) is 7.11 Å². The summed E-state index contributed by atoms with van der Waals surface area (Å²) in [6, 6.07) is 5.24. The average Bonchev–Trinajstić information content (AvgIpc) is 2.95. The van der Waals surface area contributed by atoms with Crippen LogP contribution in [0.3, 0.4) is 0 Å². The van der Waals surface area contributed by atoms with E-state index in [0.29, 0.717) is 22.8 Å². The summed E-state index contributed by atoms with van der Waals surface area (Å²) in [5.74, 6) is 0.811. The van der Waals surface area contributed by atoms with E-state index >= 15 is 0 Å². The zero-order chi connectivity index (χ0) is 19.8. The summed E-state index contributed by atoms with van der Waals surface area (Å²) in [5.41, 5.74) is 0.810. The molecule has 2 atom stereocenters. The minimum absolute atomic E-state index is 0.0492. The highest BCUT2D eigenvalue weighted by Gasteiger charge is 2.60. The SMILES string of the molecule is COc1ccc(-c2nonc2NC(=O)C2C(C=C(Cl)Cl)C2(C)C)cc1OC. The van der Waals surface area contributed by atoms with Crippen LogP contribution in [0.25, 0.3) is 11.3 Å². The summed E-state index contributed by atoms with van der Waals surface area (Å²) in [5, 5.41) is 10.5. The number of allylic oxidation sites excluding steroid dienone is 1. The van der Waals surface area contributed by atoms with Crippen LogP contribution in [0, 0.1) is 17.3 Å². The lowest BCUT2D eigenvalue weighted by molar-refractivity contribution is -0.118. The van der Waals surface area contributed by atoms with Gasteiger partial charge in [-0.2, -0.15) is 0 Å². The minimum Gasteiger partial charge on any atom is -0.493 e. The van der Waals surface area contributed by atoms with E-state index in [-0.39, 0.29) is 33.5 Å². The van der Waals surface area contributed by atoms with Gasteiger partial charge < -0.3 is 14.8 Å². The number of amides is 1. The van der Waals surface area contributed by atoms with Crippen molar-refractivity contribution in [1.29, 1.82) is 0 Å². The van der Waals surface area contributed by atoms with Crippen molar-refractivity contribution < 1.29 is 18.9 Å². The largest absolute Gasteiger partial charge is 0.493 e. The van der Waals surface area contributed by atoms with Crippen molar-refractivity contribution in [2.75, 3.05) is 19.5 Å². The van der Waals surface area contributed by atoms with E-state index in [9.17, 15) is 4.79 Å². The number of nitrogens with zero attached hydrogens (tertiary/aromatic N) is 2. The Hall–Kier alpha value is -2.25. The normalized spacial score (nSPS) is 19.9. The molecule has 1 aromatic carbocycles. The van der Waals surface area contributed by atoms with E-state index in [1.807, 2.05) is 13.8 Å². The van der Waals surface area contributed by atoms with Crippen molar-refractivity contribution in [3.8, 4) is 22.8 Å². The molecule has 1 aromatic heterocycles. The van der Waals surface area contributed by atoms with Gasteiger partial charge in [0.15, 0.2) is 17.2 Å². The number of anilines is 1. The molecule has 1 aliphatic carbocycles. The number of halogens is 2. The van der Waals surface area contributed by atoms with Crippen LogP contribution in [0.4, 0.5) is 5.82 Å². The van der Waals surface area contributed by atoms with Gasteiger partial charge in [-0.15, -0.1) is 0 Å². The van der Waals surface area contributed by atoms with Gasteiger partial charge in [0.1, 0.15) is 4.49 Å². The fourth-order valence-corrected chi connectivity index (χ4v) is 3.53. The predicted molar refractivity (Wildman–Crippen MR) is 102 cm³/mol. The number of rotatable bonds is 6. The van der Waals surface area contributed by atoms with Gasteiger partial charge in [-0.05, 0) is 45.9 Å². The summed E-state index contributed by atoms with van der Waals surface area (Å²) >= 11 is 11.5. The van der Waals surface area contributed by atoms with Crippen LogP contribution < -0.4 is 14.8 Å². The number of methoxy groups -OCH3 is 2. The Morgan fingerprint density at radius 3 is 2.56 bits per heavy atom. The molecule has 144 valence electrons. The molecule has 1 saturated carbocycles. The van der Waals surface area contributed by atoms with Crippen LogP contribution in [0.5, 0.6) is 11.5 Å². The Kier molecular flexibility index (Phi) is 5.35. The van der Waals surface area contributed by atoms with E-state index in [2.05, 4.69) is 15.6 Å². The van der Waals surface area contributed by atoms with Gasteiger partial charge in [0.25, 0.3) is 0 Å². The van der Waals surface area contributed by atoms with Crippen molar-refractivity contribution in [2.24, 2.45) is 17.3 Å². The number of hydrogen-bond donors (Lipinski definition) is 1. The molecule has 27 heavy (non-hydrogen) atoms. The van der Waals surface area contributed by atoms with Crippen LogP contribution in [0.2, 0.25) is 0 Å². The zero-order valence-corrected chi connectivity index (χ0v) is 16.8. The Morgan fingerprint density at radius 1 is 1.22 bits per heavy atom. The molecule has 0 saturated heterocycles. The molecule has 1 aliphatic rings. The monoisotopic (exact) mass is 411 g/mol. The molecule has 2 aromatic rings. The van der Waals surface area contributed by atoms with Gasteiger partial charge in [-0.3, -0.25) is 4.79 Å². The molecule has 9 heteroatoms. The quantitative estimate of drug-likeness (QED) is 0.762. The lowest BCUT2D eigenvalue weighted by Crippen LogP contribution is -2.17.